The molecule has 70 valence electrons. The topological polar surface area (TPSA) is 17.8 Å². The van der Waals surface area contributed by atoms with Crippen molar-refractivity contribution in [3.8, 4) is 0 Å². The van der Waals surface area contributed by atoms with Crippen molar-refractivity contribution in [2.75, 3.05) is 0 Å². The second kappa shape index (κ2) is 3.60. The maximum absolute atomic E-state index is 4.47. The third kappa shape index (κ3) is 1.57. The van der Waals surface area contributed by atoms with Crippen LogP contribution in [0.4, 0.5) is 0 Å². The number of nitrogens with zero attached hydrogens (tertiary/aromatic N) is 2. The summed E-state index contributed by atoms with van der Waals surface area (Å²) in [5.41, 5.74) is 1.96. The van der Waals surface area contributed by atoms with Gasteiger partial charge in [-0.2, -0.15) is 0 Å². The molecule has 0 N–H and O–H groups in total. The fourth-order valence-corrected chi connectivity index (χ4v) is 1.46. The van der Waals surface area contributed by atoms with Gasteiger partial charge < -0.3 is 4.57 Å². The number of hydrogen-bond donors (Lipinski definition) is 0. The van der Waals surface area contributed by atoms with Crippen LogP contribution in [0.2, 0.25) is 0 Å². The molecule has 0 radical (unpaired) electrons. The van der Waals surface area contributed by atoms with E-state index in [1.165, 1.54) is 0 Å². The Hall–Kier alpha value is -1.31. The Morgan fingerprint density at radius 1 is 1.31 bits per heavy atom. The molecule has 0 aliphatic heterocycles. The zero-order valence-corrected chi connectivity index (χ0v) is 8.54. The van der Waals surface area contributed by atoms with Crippen LogP contribution < -0.4 is 0 Å². The van der Waals surface area contributed by atoms with Gasteiger partial charge in [0.15, 0.2) is 0 Å². The second-order valence-corrected chi connectivity index (χ2v) is 3.36. The first-order valence-electron chi connectivity index (χ1n) is 4.43. The van der Waals surface area contributed by atoms with E-state index in [9.17, 15) is 0 Å². The predicted molar refractivity (Wildman–Crippen MR) is 57.5 cm³/mol. The molecule has 0 saturated heterocycles. The highest BCUT2D eigenvalue weighted by Gasteiger charge is 2.11. The Morgan fingerprint density at radius 2 is 1.92 bits per heavy atom. The second-order valence-electron chi connectivity index (χ2n) is 3.36. The molecule has 0 spiro atoms. The molecule has 0 amide bonds. The van der Waals surface area contributed by atoms with Crippen molar-refractivity contribution in [3.63, 3.8) is 0 Å². The molecule has 1 aromatic heterocycles. The first kappa shape index (κ1) is 9.78. The lowest BCUT2D eigenvalue weighted by molar-refractivity contribution is 0.708. The van der Waals surface area contributed by atoms with E-state index in [2.05, 4.69) is 36.6 Å². The van der Waals surface area contributed by atoms with Crippen LogP contribution in [0, 0.1) is 0 Å². The molecule has 1 aromatic rings. The molecule has 2 heteroatoms. The van der Waals surface area contributed by atoms with Crippen molar-refractivity contribution in [2.24, 2.45) is 7.05 Å². The number of rotatable bonds is 3. The van der Waals surface area contributed by atoms with E-state index in [4.69, 9.17) is 0 Å². The van der Waals surface area contributed by atoms with Crippen LogP contribution in [0.5, 0.6) is 0 Å². The van der Waals surface area contributed by atoms with Crippen LogP contribution in [-0.4, -0.2) is 9.55 Å². The standard InChI is InChI=1S/C11H16N2/c1-6-9-10(7-2)13(5)11(12-9)8(3)4/h6-8H,1-2H2,3-5H3. The molecule has 0 unspecified atom stereocenters. The summed E-state index contributed by atoms with van der Waals surface area (Å²) in [7, 11) is 2.01. The normalized spacial score (nSPS) is 10.5. The minimum atomic E-state index is 0.428. The zero-order valence-electron chi connectivity index (χ0n) is 8.54. The SMILES string of the molecule is C=Cc1nc(C(C)C)n(C)c1C=C. The third-order valence-electron chi connectivity index (χ3n) is 2.11. The third-order valence-corrected chi connectivity index (χ3v) is 2.11. The van der Waals surface area contributed by atoms with Crippen LogP contribution in [0.1, 0.15) is 37.0 Å². The fourth-order valence-electron chi connectivity index (χ4n) is 1.46. The largest absolute Gasteiger partial charge is 0.331 e. The van der Waals surface area contributed by atoms with Gasteiger partial charge in [-0.3, -0.25) is 0 Å². The monoisotopic (exact) mass is 176 g/mol. The van der Waals surface area contributed by atoms with E-state index >= 15 is 0 Å². The molecule has 1 heterocycles. The zero-order chi connectivity index (χ0) is 10.0. The Balaban J connectivity index is 3.34. The average molecular weight is 176 g/mol. The maximum Gasteiger partial charge on any atom is 0.112 e. The number of imidazole rings is 1. The lowest BCUT2D eigenvalue weighted by Crippen LogP contribution is -2.00. The van der Waals surface area contributed by atoms with E-state index in [0.29, 0.717) is 5.92 Å². The highest BCUT2D eigenvalue weighted by Crippen LogP contribution is 2.19. The Labute approximate surface area is 79.6 Å². The summed E-state index contributed by atoms with van der Waals surface area (Å²) < 4.78 is 2.06. The summed E-state index contributed by atoms with van der Waals surface area (Å²) >= 11 is 0. The molecule has 13 heavy (non-hydrogen) atoms. The summed E-state index contributed by atoms with van der Waals surface area (Å²) in [4.78, 5) is 4.47. The highest BCUT2D eigenvalue weighted by molar-refractivity contribution is 5.58. The van der Waals surface area contributed by atoms with Crippen LogP contribution in [0.3, 0.4) is 0 Å². The van der Waals surface area contributed by atoms with Crippen molar-refractivity contribution in [1.82, 2.24) is 9.55 Å². The van der Waals surface area contributed by atoms with Gasteiger partial charge in [-0.25, -0.2) is 4.98 Å². The first-order chi connectivity index (χ1) is 6.11. The van der Waals surface area contributed by atoms with Gasteiger partial charge in [0.05, 0.1) is 11.4 Å². The molecule has 2 nitrogen and oxygen atoms in total. The summed E-state index contributed by atoms with van der Waals surface area (Å²) in [6.45, 7) is 11.7. The van der Waals surface area contributed by atoms with E-state index in [0.717, 1.165) is 17.2 Å². The summed E-state index contributed by atoms with van der Waals surface area (Å²) in [5, 5.41) is 0. The lowest BCUT2D eigenvalue weighted by Gasteiger charge is -2.05. The average Bonchev–Trinajstić information content (AvgIpc) is 2.41. The number of hydrogen-bond acceptors (Lipinski definition) is 1. The Kier molecular flexibility index (Phi) is 2.71. The van der Waals surface area contributed by atoms with Crippen LogP contribution >= 0.6 is 0 Å². The van der Waals surface area contributed by atoms with Crippen LogP contribution in [0.15, 0.2) is 13.2 Å². The van der Waals surface area contributed by atoms with Gasteiger partial charge >= 0.3 is 0 Å². The van der Waals surface area contributed by atoms with Gasteiger partial charge in [-0.05, 0) is 12.2 Å². The summed E-state index contributed by atoms with van der Waals surface area (Å²) in [5.74, 6) is 1.50. The predicted octanol–water partition coefficient (Wildman–Crippen LogP) is 2.83. The van der Waals surface area contributed by atoms with Crippen molar-refractivity contribution in [3.05, 3.63) is 30.4 Å². The van der Waals surface area contributed by atoms with Gasteiger partial charge in [-0.1, -0.05) is 27.0 Å². The summed E-state index contributed by atoms with van der Waals surface area (Å²) in [6.07, 6.45) is 3.58. The molecular weight excluding hydrogens is 160 g/mol. The molecule has 1 rings (SSSR count). The lowest BCUT2D eigenvalue weighted by atomic mass is 10.2. The van der Waals surface area contributed by atoms with E-state index in [1.807, 2.05) is 13.1 Å². The maximum atomic E-state index is 4.47. The van der Waals surface area contributed by atoms with Gasteiger partial charge in [0.2, 0.25) is 0 Å². The van der Waals surface area contributed by atoms with Gasteiger partial charge in [0, 0.05) is 13.0 Å². The fraction of sp³-hybridized carbons (Fsp3) is 0.364. The molecule has 0 atom stereocenters. The smallest absolute Gasteiger partial charge is 0.112 e. The van der Waals surface area contributed by atoms with Crippen LogP contribution in [0.25, 0.3) is 12.2 Å². The van der Waals surface area contributed by atoms with Crippen molar-refractivity contribution in [1.29, 1.82) is 0 Å². The molecular formula is C11H16N2. The van der Waals surface area contributed by atoms with Crippen molar-refractivity contribution in [2.45, 2.75) is 19.8 Å². The van der Waals surface area contributed by atoms with Crippen molar-refractivity contribution < 1.29 is 0 Å². The minimum Gasteiger partial charge on any atom is -0.331 e. The first-order valence-corrected chi connectivity index (χ1v) is 4.43. The Bertz CT molecular complexity index is 332. The van der Waals surface area contributed by atoms with Crippen molar-refractivity contribution >= 4 is 12.2 Å². The van der Waals surface area contributed by atoms with E-state index in [1.54, 1.807) is 6.08 Å². The van der Waals surface area contributed by atoms with E-state index < -0.39 is 0 Å². The molecule has 0 fully saturated rings. The quantitative estimate of drug-likeness (QED) is 0.692. The number of aromatic nitrogens is 2. The van der Waals surface area contributed by atoms with Crippen LogP contribution in [-0.2, 0) is 7.05 Å². The molecule has 0 aliphatic carbocycles. The Morgan fingerprint density at radius 3 is 2.23 bits per heavy atom. The molecule has 0 aromatic carbocycles. The van der Waals surface area contributed by atoms with E-state index in [-0.39, 0.29) is 0 Å². The molecule has 0 bridgehead atoms. The highest BCUT2D eigenvalue weighted by atomic mass is 15.1. The summed E-state index contributed by atoms with van der Waals surface area (Å²) in [6, 6.07) is 0. The van der Waals surface area contributed by atoms with Gasteiger partial charge in [0.1, 0.15) is 5.82 Å². The minimum absolute atomic E-state index is 0.428. The molecule has 0 aliphatic rings. The molecule has 0 saturated carbocycles. The van der Waals surface area contributed by atoms with Gasteiger partial charge in [0.25, 0.3) is 0 Å². The van der Waals surface area contributed by atoms with Gasteiger partial charge in [-0.15, -0.1) is 0 Å².